The number of aliphatic hydroxyl groups excluding tert-OH is 1. The molecule has 0 fully saturated rings. The van der Waals surface area contributed by atoms with Gasteiger partial charge in [-0.25, -0.2) is 0 Å². The minimum Gasteiger partial charge on any atom is -0.492 e. The third kappa shape index (κ3) is 6.02. The zero-order valence-corrected chi connectivity index (χ0v) is 14.1. The van der Waals surface area contributed by atoms with Crippen molar-refractivity contribution in [3.05, 3.63) is 60.2 Å². The first kappa shape index (κ1) is 18.0. The summed E-state index contributed by atoms with van der Waals surface area (Å²) in [5.74, 6) is 0.534. The van der Waals surface area contributed by atoms with Gasteiger partial charge in [0.15, 0.2) is 0 Å². The summed E-state index contributed by atoms with van der Waals surface area (Å²) >= 11 is 0. The summed E-state index contributed by atoms with van der Waals surface area (Å²) in [6.45, 7) is 1.46. The van der Waals surface area contributed by atoms with E-state index in [0.29, 0.717) is 12.3 Å². The normalized spacial score (nSPS) is 12.0. The van der Waals surface area contributed by atoms with Gasteiger partial charge in [0, 0.05) is 12.2 Å². The van der Waals surface area contributed by atoms with Crippen molar-refractivity contribution in [1.29, 1.82) is 0 Å². The molecular weight excluding hydrogens is 304 g/mol. The van der Waals surface area contributed by atoms with Crippen molar-refractivity contribution in [2.45, 2.75) is 12.5 Å². The monoisotopic (exact) mass is 328 g/mol. The van der Waals surface area contributed by atoms with Crippen LogP contribution in [0.1, 0.15) is 18.1 Å². The molecule has 5 nitrogen and oxygen atoms in total. The number of amides is 1. The second-order valence-electron chi connectivity index (χ2n) is 5.85. The highest BCUT2D eigenvalue weighted by Crippen LogP contribution is 2.19. The van der Waals surface area contributed by atoms with Gasteiger partial charge in [0.05, 0.1) is 12.5 Å². The predicted molar refractivity (Wildman–Crippen MR) is 95.1 cm³/mol. The standard InChI is InChI=1S/C19H24N2O3/c1-21(2)12-13-24-17-10-8-16(9-11-17)20-19(23)14-18(22)15-6-4-3-5-7-15/h3-11,18,22H,12-14H2,1-2H3,(H,20,23). The van der Waals surface area contributed by atoms with Crippen molar-refractivity contribution in [1.82, 2.24) is 4.90 Å². The molecular formula is C19H24N2O3. The highest BCUT2D eigenvalue weighted by Gasteiger charge is 2.12. The van der Waals surface area contributed by atoms with Gasteiger partial charge in [-0.05, 0) is 43.9 Å². The molecule has 1 amide bonds. The molecule has 0 aliphatic rings. The topological polar surface area (TPSA) is 61.8 Å². The summed E-state index contributed by atoms with van der Waals surface area (Å²) in [4.78, 5) is 14.1. The van der Waals surface area contributed by atoms with Gasteiger partial charge in [0.1, 0.15) is 12.4 Å². The Bertz CT molecular complexity index is 627. The maximum absolute atomic E-state index is 12.0. The lowest BCUT2D eigenvalue weighted by Gasteiger charge is -2.13. The summed E-state index contributed by atoms with van der Waals surface area (Å²) in [6, 6.07) is 16.4. The molecule has 0 heterocycles. The average molecular weight is 328 g/mol. The number of anilines is 1. The number of hydrogen-bond donors (Lipinski definition) is 2. The molecule has 24 heavy (non-hydrogen) atoms. The number of likely N-dealkylation sites (N-methyl/N-ethyl adjacent to an activating group) is 1. The lowest BCUT2D eigenvalue weighted by molar-refractivity contribution is -0.118. The van der Waals surface area contributed by atoms with Crippen LogP contribution in [-0.4, -0.2) is 43.2 Å². The van der Waals surface area contributed by atoms with Crippen LogP contribution in [0.15, 0.2) is 54.6 Å². The number of carbonyl (C=O) groups excluding carboxylic acids is 1. The van der Waals surface area contributed by atoms with Gasteiger partial charge in [-0.1, -0.05) is 30.3 Å². The summed E-state index contributed by atoms with van der Waals surface area (Å²) in [5.41, 5.74) is 1.41. The maximum Gasteiger partial charge on any atom is 0.227 e. The molecule has 2 aromatic rings. The van der Waals surface area contributed by atoms with Crippen molar-refractivity contribution in [2.24, 2.45) is 0 Å². The van der Waals surface area contributed by atoms with Crippen molar-refractivity contribution in [3.8, 4) is 5.75 Å². The van der Waals surface area contributed by atoms with Crippen LogP contribution in [0, 0.1) is 0 Å². The quantitative estimate of drug-likeness (QED) is 0.782. The number of ether oxygens (including phenoxy) is 1. The van der Waals surface area contributed by atoms with Crippen LogP contribution in [0.25, 0.3) is 0 Å². The van der Waals surface area contributed by atoms with Gasteiger partial charge < -0.3 is 20.1 Å². The minimum absolute atomic E-state index is 0.0189. The fourth-order valence-electron chi connectivity index (χ4n) is 2.16. The number of nitrogens with one attached hydrogen (secondary N) is 1. The van der Waals surface area contributed by atoms with Crippen LogP contribution in [0.3, 0.4) is 0 Å². The second kappa shape index (κ2) is 9.05. The Balaban J connectivity index is 1.81. The number of benzene rings is 2. The Morgan fingerprint density at radius 1 is 1.12 bits per heavy atom. The minimum atomic E-state index is -0.806. The van der Waals surface area contributed by atoms with E-state index in [1.807, 2.05) is 49.3 Å². The number of carbonyl (C=O) groups is 1. The van der Waals surface area contributed by atoms with Crippen molar-refractivity contribution >= 4 is 11.6 Å². The fourth-order valence-corrected chi connectivity index (χ4v) is 2.16. The number of aliphatic hydroxyl groups is 1. The first-order valence-corrected chi connectivity index (χ1v) is 7.95. The Labute approximate surface area is 142 Å². The molecule has 0 aliphatic carbocycles. The molecule has 0 bridgehead atoms. The van der Waals surface area contributed by atoms with Gasteiger partial charge in [0.25, 0.3) is 0 Å². The third-order valence-electron chi connectivity index (χ3n) is 3.51. The highest BCUT2D eigenvalue weighted by atomic mass is 16.5. The predicted octanol–water partition coefficient (Wildman–Crippen LogP) is 2.69. The Hall–Kier alpha value is -2.37. The van der Waals surface area contributed by atoms with Gasteiger partial charge in [0.2, 0.25) is 5.91 Å². The molecule has 0 aliphatic heterocycles. The first-order valence-electron chi connectivity index (χ1n) is 7.95. The van der Waals surface area contributed by atoms with E-state index in [4.69, 9.17) is 4.74 Å². The van der Waals surface area contributed by atoms with E-state index in [0.717, 1.165) is 17.9 Å². The Morgan fingerprint density at radius 3 is 2.42 bits per heavy atom. The fraction of sp³-hybridized carbons (Fsp3) is 0.316. The largest absolute Gasteiger partial charge is 0.492 e. The second-order valence-corrected chi connectivity index (χ2v) is 5.85. The highest BCUT2D eigenvalue weighted by molar-refractivity contribution is 5.91. The van der Waals surface area contributed by atoms with E-state index >= 15 is 0 Å². The summed E-state index contributed by atoms with van der Waals surface area (Å²) in [7, 11) is 3.98. The summed E-state index contributed by atoms with van der Waals surface area (Å²) in [6.07, 6.45) is -0.787. The molecule has 2 rings (SSSR count). The molecule has 128 valence electrons. The van der Waals surface area contributed by atoms with Crippen LogP contribution in [0.2, 0.25) is 0 Å². The molecule has 5 heteroatoms. The third-order valence-corrected chi connectivity index (χ3v) is 3.51. The van der Waals surface area contributed by atoms with Gasteiger partial charge in [-0.2, -0.15) is 0 Å². The van der Waals surface area contributed by atoms with E-state index in [-0.39, 0.29) is 12.3 Å². The molecule has 2 N–H and O–H groups in total. The van der Waals surface area contributed by atoms with Crippen molar-refractivity contribution in [3.63, 3.8) is 0 Å². The van der Waals surface area contributed by atoms with Gasteiger partial charge in [-0.15, -0.1) is 0 Å². The van der Waals surface area contributed by atoms with Crippen molar-refractivity contribution < 1.29 is 14.6 Å². The molecule has 1 atom stereocenters. The van der Waals surface area contributed by atoms with Crippen molar-refractivity contribution in [2.75, 3.05) is 32.6 Å². The number of nitrogens with zero attached hydrogens (tertiary/aromatic N) is 1. The van der Waals surface area contributed by atoms with E-state index in [9.17, 15) is 9.90 Å². The Kier molecular flexibility index (Phi) is 6.78. The smallest absolute Gasteiger partial charge is 0.227 e. The number of rotatable bonds is 8. The van der Waals surface area contributed by atoms with E-state index in [2.05, 4.69) is 5.32 Å². The van der Waals surface area contributed by atoms with Crippen LogP contribution in [0.5, 0.6) is 5.75 Å². The molecule has 0 aromatic heterocycles. The Morgan fingerprint density at radius 2 is 1.79 bits per heavy atom. The molecule has 0 spiro atoms. The molecule has 0 radical (unpaired) electrons. The van der Waals surface area contributed by atoms with Crippen LogP contribution < -0.4 is 10.1 Å². The molecule has 0 saturated carbocycles. The van der Waals surface area contributed by atoms with Crippen LogP contribution in [0.4, 0.5) is 5.69 Å². The summed E-state index contributed by atoms with van der Waals surface area (Å²) < 4.78 is 5.60. The van der Waals surface area contributed by atoms with E-state index < -0.39 is 6.10 Å². The van der Waals surface area contributed by atoms with Crippen LogP contribution in [-0.2, 0) is 4.79 Å². The maximum atomic E-state index is 12.0. The molecule has 0 saturated heterocycles. The SMILES string of the molecule is CN(C)CCOc1ccc(NC(=O)CC(O)c2ccccc2)cc1. The lowest BCUT2D eigenvalue weighted by atomic mass is 10.1. The number of hydrogen-bond acceptors (Lipinski definition) is 4. The van der Waals surface area contributed by atoms with E-state index in [1.165, 1.54) is 0 Å². The zero-order chi connectivity index (χ0) is 17.4. The lowest BCUT2D eigenvalue weighted by Crippen LogP contribution is -2.19. The van der Waals surface area contributed by atoms with Gasteiger partial charge >= 0.3 is 0 Å². The van der Waals surface area contributed by atoms with Crippen LogP contribution >= 0.6 is 0 Å². The first-order chi connectivity index (χ1) is 11.5. The molecule has 2 aromatic carbocycles. The zero-order valence-electron chi connectivity index (χ0n) is 14.1. The van der Waals surface area contributed by atoms with Gasteiger partial charge in [-0.3, -0.25) is 4.79 Å². The molecule has 1 unspecified atom stereocenters. The van der Waals surface area contributed by atoms with E-state index in [1.54, 1.807) is 24.3 Å². The summed E-state index contributed by atoms with van der Waals surface area (Å²) in [5, 5.41) is 12.9. The average Bonchev–Trinajstić information content (AvgIpc) is 2.57.